The van der Waals surface area contributed by atoms with E-state index in [9.17, 15) is 8.78 Å². The van der Waals surface area contributed by atoms with Crippen molar-refractivity contribution in [1.82, 2.24) is 10.2 Å². The molecule has 4 heteroatoms. The monoisotopic (exact) mass is 208 g/mol. The van der Waals surface area contributed by atoms with Gasteiger partial charge in [-0.3, -0.25) is 4.90 Å². The average molecular weight is 208 g/mol. The highest BCUT2D eigenvalue weighted by molar-refractivity contribution is 4.70. The zero-order valence-corrected chi connectivity index (χ0v) is 9.56. The third-order valence-corrected chi connectivity index (χ3v) is 2.43. The Bertz CT molecular complexity index is 142. The third-order valence-electron chi connectivity index (χ3n) is 2.43. The van der Waals surface area contributed by atoms with Crippen LogP contribution in [0.15, 0.2) is 0 Å². The first kappa shape index (κ1) is 13.8. The van der Waals surface area contributed by atoms with Crippen LogP contribution in [0, 0.1) is 0 Å². The Morgan fingerprint density at radius 3 is 2.29 bits per heavy atom. The van der Waals surface area contributed by atoms with Crippen LogP contribution in [0.5, 0.6) is 0 Å². The van der Waals surface area contributed by atoms with Crippen molar-refractivity contribution in [3.63, 3.8) is 0 Å². The summed E-state index contributed by atoms with van der Waals surface area (Å²) in [5.74, 6) is 0. The molecule has 0 bridgehead atoms. The van der Waals surface area contributed by atoms with Crippen LogP contribution in [-0.2, 0) is 0 Å². The molecule has 0 aromatic heterocycles. The van der Waals surface area contributed by atoms with Crippen molar-refractivity contribution in [3.8, 4) is 0 Å². The Morgan fingerprint density at radius 1 is 1.29 bits per heavy atom. The number of nitrogens with one attached hydrogen (secondary N) is 1. The zero-order chi connectivity index (χ0) is 11.1. The topological polar surface area (TPSA) is 15.3 Å². The van der Waals surface area contributed by atoms with Gasteiger partial charge in [-0.25, -0.2) is 8.78 Å². The summed E-state index contributed by atoms with van der Waals surface area (Å²) >= 11 is 0. The fourth-order valence-corrected chi connectivity index (χ4v) is 1.52. The molecule has 0 heterocycles. The van der Waals surface area contributed by atoms with E-state index in [1.807, 2.05) is 13.8 Å². The first-order valence-corrected chi connectivity index (χ1v) is 5.19. The van der Waals surface area contributed by atoms with Crippen molar-refractivity contribution < 1.29 is 8.78 Å². The Morgan fingerprint density at radius 2 is 1.86 bits per heavy atom. The van der Waals surface area contributed by atoms with Crippen molar-refractivity contribution in [2.24, 2.45) is 0 Å². The lowest BCUT2D eigenvalue weighted by atomic mass is 10.1. The normalized spacial score (nSPS) is 16.3. The van der Waals surface area contributed by atoms with Crippen molar-refractivity contribution in [1.29, 1.82) is 0 Å². The molecule has 0 amide bonds. The van der Waals surface area contributed by atoms with E-state index >= 15 is 0 Å². The van der Waals surface area contributed by atoms with Crippen LogP contribution in [0.3, 0.4) is 0 Å². The molecule has 2 unspecified atom stereocenters. The van der Waals surface area contributed by atoms with Gasteiger partial charge in [-0.1, -0.05) is 6.92 Å². The fourth-order valence-electron chi connectivity index (χ4n) is 1.52. The summed E-state index contributed by atoms with van der Waals surface area (Å²) in [7, 11) is 1.75. The van der Waals surface area contributed by atoms with E-state index in [4.69, 9.17) is 0 Å². The molecule has 2 atom stereocenters. The van der Waals surface area contributed by atoms with Crippen LogP contribution < -0.4 is 5.32 Å². The molecule has 0 rings (SSSR count). The minimum absolute atomic E-state index is 0.139. The van der Waals surface area contributed by atoms with Gasteiger partial charge in [0.1, 0.15) is 0 Å². The van der Waals surface area contributed by atoms with Gasteiger partial charge in [0.05, 0.1) is 6.54 Å². The van der Waals surface area contributed by atoms with Crippen LogP contribution in [0.4, 0.5) is 8.78 Å². The number of rotatable bonds is 7. The predicted molar refractivity (Wildman–Crippen MR) is 55.9 cm³/mol. The van der Waals surface area contributed by atoms with Gasteiger partial charge in [-0.2, -0.15) is 0 Å². The summed E-state index contributed by atoms with van der Waals surface area (Å²) in [6, 6.07) is 0.577. The summed E-state index contributed by atoms with van der Waals surface area (Å²) in [6.45, 7) is 6.89. The second-order valence-electron chi connectivity index (χ2n) is 3.87. The minimum atomic E-state index is -2.24. The van der Waals surface area contributed by atoms with E-state index in [1.165, 1.54) is 0 Å². The van der Waals surface area contributed by atoms with Gasteiger partial charge in [0, 0.05) is 12.1 Å². The van der Waals surface area contributed by atoms with Crippen LogP contribution in [0.1, 0.15) is 27.2 Å². The smallest absolute Gasteiger partial charge is 0.251 e. The second kappa shape index (κ2) is 7.12. The maximum Gasteiger partial charge on any atom is 0.251 e. The largest absolute Gasteiger partial charge is 0.314 e. The van der Waals surface area contributed by atoms with Crippen LogP contribution in [0.2, 0.25) is 0 Å². The van der Waals surface area contributed by atoms with E-state index in [0.717, 1.165) is 13.0 Å². The van der Waals surface area contributed by atoms with Gasteiger partial charge in [-0.15, -0.1) is 0 Å². The number of hydrogen-bond donors (Lipinski definition) is 1. The molecule has 2 nitrogen and oxygen atoms in total. The second-order valence-corrected chi connectivity index (χ2v) is 3.87. The first-order valence-electron chi connectivity index (χ1n) is 5.19. The van der Waals surface area contributed by atoms with Gasteiger partial charge in [0.25, 0.3) is 6.43 Å². The highest BCUT2D eigenvalue weighted by atomic mass is 19.3. The molecular weight excluding hydrogens is 186 g/mol. The van der Waals surface area contributed by atoms with E-state index in [1.54, 1.807) is 11.9 Å². The summed E-state index contributed by atoms with van der Waals surface area (Å²) in [4.78, 5) is 1.71. The zero-order valence-electron chi connectivity index (χ0n) is 9.56. The number of hydrogen-bond acceptors (Lipinski definition) is 2. The lowest BCUT2D eigenvalue weighted by Gasteiger charge is -2.27. The van der Waals surface area contributed by atoms with E-state index in [2.05, 4.69) is 12.2 Å². The molecule has 0 aliphatic carbocycles. The molecule has 86 valence electrons. The quantitative estimate of drug-likeness (QED) is 0.688. The molecule has 14 heavy (non-hydrogen) atoms. The maximum atomic E-state index is 12.1. The van der Waals surface area contributed by atoms with Gasteiger partial charge in [0.15, 0.2) is 0 Å². The molecule has 0 saturated carbocycles. The number of halogens is 2. The lowest BCUT2D eigenvalue weighted by molar-refractivity contribution is 0.0803. The molecule has 1 N–H and O–H groups in total. The molecule has 0 aliphatic heterocycles. The van der Waals surface area contributed by atoms with Gasteiger partial charge >= 0.3 is 0 Å². The van der Waals surface area contributed by atoms with E-state index in [0.29, 0.717) is 6.04 Å². The molecule has 0 fully saturated rings. The fraction of sp³-hybridized carbons (Fsp3) is 1.00. The molecule has 0 aliphatic rings. The predicted octanol–water partition coefficient (Wildman–Crippen LogP) is 1.96. The van der Waals surface area contributed by atoms with Gasteiger partial charge in [-0.05, 0) is 33.9 Å². The maximum absolute atomic E-state index is 12.1. The third kappa shape index (κ3) is 6.27. The Balaban J connectivity index is 3.76. The molecule has 0 spiro atoms. The Labute approximate surface area is 85.7 Å². The number of nitrogens with zero attached hydrogens (tertiary/aromatic N) is 1. The van der Waals surface area contributed by atoms with E-state index in [-0.39, 0.29) is 12.6 Å². The summed E-state index contributed by atoms with van der Waals surface area (Å²) in [5.41, 5.74) is 0. The van der Waals surface area contributed by atoms with Crippen molar-refractivity contribution in [3.05, 3.63) is 0 Å². The van der Waals surface area contributed by atoms with Crippen molar-refractivity contribution in [2.75, 3.05) is 20.1 Å². The molecule has 0 saturated heterocycles. The lowest BCUT2D eigenvalue weighted by Crippen LogP contribution is -2.38. The molecule has 0 aromatic carbocycles. The molecule has 0 radical (unpaired) electrons. The van der Waals surface area contributed by atoms with Crippen molar-refractivity contribution >= 4 is 0 Å². The minimum Gasteiger partial charge on any atom is -0.314 e. The van der Waals surface area contributed by atoms with Gasteiger partial charge < -0.3 is 5.32 Å². The Kier molecular flexibility index (Phi) is 7.01. The average Bonchev–Trinajstić information content (AvgIpc) is 2.02. The van der Waals surface area contributed by atoms with Crippen LogP contribution >= 0.6 is 0 Å². The van der Waals surface area contributed by atoms with Crippen molar-refractivity contribution in [2.45, 2.75) is 45.7 Å². The van der Waals surface area contributed by atoms with E-state index < -0.39 is 6.43 Å². The standard InChI is InChI=1S/C10H22F2N2/c1-5-13-8(2)6-9(3)14(4)7-10(11)12/h8-10,13H,5-7H2,1-4H3. The summed E-state index contributed by atoms with van der Waals surface area (Å²) < 4.78 is 24.1. The Hall–Kier alpha value is -0.220. The summed E-state index contributed by atoms with van der Waals surface area (Å²) in [5, 5.41) is 3.27. The SMILES string of the molecule is CCNC(C)CC(C)N(C)CC(F)F. The van der Waals surface area contributed by atoms with Gasteiger partial charge in [0.2, 0.25) is 0 Å². The number of alkyl halides is 2. The first-order chi connectivity index (χ1) is 6.47. The molecule has 0 aromatic rings. The summed E-state index contributed by atoms with van der Waals surface area (Å²) in [6.07, 6.45) is -1.34. The van der Waals surface area contributed by atoms with Crippen LogP contribution in [-0.4, -0.2) is 43.5 Å². The highest BCUT2D eigenvalue weighted by Gasteiger charge is 2.15. The highest BCUT2D eigenvalue weighted by Crippen LogP contribution is 2.07. The molecular formula is C10H22F2N2. The van der Waals surface area contributed by atoms with Crippen LogP contribution in [0.25, 0.3) is 0 Å².